The standard InChI is InChI=1S/C15H17F3N2O/c16-15(17,18)12-4-1-3-11(9-12)13(21)19-14-5-2-7-20(10-14)8-6-14/h1,3-4,9H,2,5-8,10H2,(H,19,21). The average molecular weight is 298 g/mol. The molecule has 2 saturated heterocycles. The van der Waals surface area contributed by atoms with Gasteiger partial charge in [0.1, 0.15) is 0 Å². The average Bonchev–Trinajstić information content (AvgIpc) is 2.72. The highest BCUT2D eigenvalue weighted by Gasteiger charge is 2.42. The fourth-order valence-electron chi connectivity index (χ4n) is 3.31. The fraction of sp³-hybridized carbons (Fsp3) is 0.533. The number of halogens is 3. The maximum Gasteiger partial charge on any atom is 0.416 e. The molecule has 0 radical (unpaired) electrons. The summed E-state index contributed by atoms with van der Waals surface area (Å²) in [4.78, 5) is 14.6. The van der Waals surface area contributed by atoms with E-state index in [2.05, 4.69) is 10.2 Å². The Kier molecular flexibility index (Phi) is 3.43. The first kappa shape index (κ1) is 14.4. The van der Waals surface area contributed by atoms with Crippen LogP contribution in [0.2, 0.25) is 0 Å². The second-order valence-corrected chi connectivity index (χ2v) is 5.94. The predicted molar refractivity (Wildman–Crippen MR) is 71.9 cm³/mol. The van der Waals surface area contributed by atoms with Gasteiger partial charge in [0.15, 0.2) is 0 Å². The molecule has 0 spiro atoms. The molecule has 2 bridgehead atoms. The highest BCUT2D eigenvalue weighted by Crippen LogP contribution is 2.32. The van der Waals surface area contributed by atoms with Gasteiger partial charge in [-0.1, -0.05) is 6.07 Å². The molecule has 2 unspecified atom stereocenters. The number of amides is 1. The van der Waals surface area contributed by atoms with E-state index in [0.717, 1.165) is 51.0 Å². The first-order chi connectivity index (χ1) is 9.88. The summed E-state index contributed by atoms with van der Waals surface area (Å²) in [6, 6.07) is 4.60. The van der Waals surface area contributed by atoms with Crippen LogP contribution in [0.1, 0.15) is 35.2 Å². The molecular weight excluding hydrogens is 281 g/mol. The molecule has 2 heterocycles. The van der Waals surface area contributed by atoms with E-state index in [-0.39, 0.29) is 11.1 Å². The van der Waals surface area contributed by atoms with Crippen molar-refractivity contribution in [3.8, 4) is 0 Å². The summed E-state index contributed by atoms with van der Waals surface area (Å²) >= 11 is 0. The highest BCUT2D eigenvalue weighted by molar-refractivity contribution is 5.95. The molecule has 3 rings (SSSR count). The number of carbonyl (C=O) groups is 1. The zero-order chi connectivity index (χ0) is 15.1. The SMILES string of the molecule is O=C(NC12CCCN(CC1)C2)c1cccc(C(F)(F)F)c1. The molecule has 2 aliphatic rings. The molecule has 2 atom stereocenters. The van der Waals surface area contributed by atoms with Gasteiger partial charge in [-0.25, -0.2) is 0 Å². The van der Waals surface area contributed by atoms with Crippen molar-refractivity contribution in [2.75, 3.05) is 19.6 Å². The molecule has 114 valence electrons. The summed E-state index contributed by atoms with van der Waals surface area (Å²) < 4.78 is 38.1. The number of alkyl halides is 3. The van der Waals surface area contributed by atoms with Gasteiger partial charge in [0.2, 0.25) is 0 Å². The van der Waals surface area contributed by atoms with Gasteiger partial charge in [0, 0.05) is 18.7 Å². The zero-order valence-corrected chi connectivity index (χ0v) is 11.5. The number of nitrogens with one attached hydrogen (secondary N) is 1. The number of benzene rings is 1. The topological polar surface area (TPSA) is 32.3 Å². The van der Waals surface area contributed by atoms with E-state index in [1.54, 1.807) is 0 Å². The third kappa shape index (κ3) is 2.90. The van der Waals surface area contributed by atoms with E-state index < -0.39 is 17.6 Å². The maximum absolute atomic E-state index is 12.7. The first-order valence-corrected chi connectivity index (χ1v) is 7.10. The van der Waals surface area contributed by atoms with Crippen LogP contribution in [0.3, 0.4) is 0 Å². The maximum atomic E-state index is 12.7. The van der Waals surface area contributed by atoms with Gasteiger partial charge < -0.3 is 10.2 Å². The minimum Gasteiger partial charge on any atom is -0.345 e. The van der Waals surface area contributed by atoms with Gasteiger partial charge in [0.05, 0.1) is 11.1 Å². The van der Waals surface area contributed by atoms with Crippen LogP contribution in [-0.2, 0) is 6.18 Å². The van der Waals surface area contributed by atoms with E-state index in [9.17, 15) is 18.0 Å². The van der Waals surface area contributed by atoms with E-state index in [4.69, 9.17) is 0 Å². The van der Waals surface area contributed by atoms with Crippen LogP contribution in [0.25, 0.3) is 0 Å². The van der Waals surface area contributed by atoms with Crippen molar-refractivity contribution in [3.05, 3.63) is 35.4 Å². The number of fused-ring (bicyclic) bond motifs is 2. The van der Waals surface area contributed by atoms with Gasteiger partial charge in [-0.3, -0.25) is 4.79 Å². The molecule has 3 nitrogen and oxygen atoms in total. The summed E-state index contributed by atoms with van der Waals surface area (Å²) in [6.07, 6.45) is -1.64. The monoisotopic (exact) mass is 298 g/mol. The molecule has 2 aliphatic heterocycles. The van der Waals surface area contributed by atoms with E-state index in [1.165, 1.54) is 12.1 Å². The number of nitrogens with zero attached hydrogens (tertiary/aromatic N) is 1. The van der Waals surface area contributed by atoms with Gasteiger partial charge in [0.25, 0.3) is 5.91 Å². The van der Waals surface area contributed by atoms with Crippen LogP contribution in [0.4, 0.5) is 13.2 Å². The van der Waals surface area contributed by atoms with Crippen LogP contribution in [0.15, 0.2) is 24.3 Å². The van der Waals surface area contributed by atoms with Crippen LogP contribution in [0.5, 0.6) is 0 Å². The zero-order valence-electron chi connectivity index (χ0n) is 11.5. The molecule has 1 amide bonds. The summed E-state index contributed by atoms with van der Waals surface area (Å²) in [5.41, 5.74) is -0.976. The lowest BCUT2D eigenvalue weighted by atomic mass is 9.90. The number of carbonyl (C=O) groups excluding carboxylic acids is 1. The Labute approximate surface area is 121 Å². The lowest BCUT2D eigenvalue weighted by Crippen LogP contribution is -2.52. The Bertz CT molecular complexity index is 554. The van der Waals surface area contributed by atoms with Crippen LogP contribution in [-0.4, -0.2) is 36.0 Å². The minimum atomic E-state index is -4.43. The Morgan fingerprint density at radius 2 is 2.05 bits per heavy atom. The normalized spacial score (nSPS) is 28.4. The Morgan fingerprint density at radius 1 is 1.24 bits per heavy atom. The molecule has 2 fully saturated rings. The molecule has 0 saturated carbocycles. The smallest absolute Gasteiger partial charge is 0.345 e. The Balaban J connectivity index is 1.77. The van der Waals surface area contributed by atoms with E-state index >= 15 is 0 Å². The summed E-state index contributed by atoms with van der Waals surface area (Å²) in [5.74, 6) is -0.412. The van der Waals surface area contributed by atoms with Crippen LogP contribution >= 0.6 is 0 Å². The summed E-state index contributed by atoms with van der Waals surface area (Å²) in [7, 11) is 0. The molecule has 6 heteroatoms. The summed E-state index contributed by atoms with van der Waals surface area (Å²) in [5, 5.41) is 2.97. The van der Waals surface area contributed by atoms with E-state index in [0.29, 0.717) is 0 Å². The Morgan fingerprint density at radius 3 is 2.81 bits per heavy atom. The number of hydrogen-bond acceptors (Lipinski definition) is 2. The molecule has 0 aliphatic carbocycles. The van der Waals surface area contributed by atoms with Gasteiger partial charge in [-0.15, -0.1) is 0 Å². The second kappa shape index (κ2) is 5.02. The van der Waals surface area contributed by atoms with Crippen molar-refractivity contribution < 1.29 is 18.0 Å². The third-order valence-corrected chi connectivity index (χ3v) is 4.39. The highest BCUT2D eigenvalue weighted by atomic mass is 19.4. The van der Waals surface area contributed by atoms with Crippen molar-refractivity contribution >= 4 is 5.91 Å². The lowest BCUT2D eigenvalue weighted by Gasteiger charge is -2.34. The molecule has 0 aromatic heterocycles. The summed E-state index contributed by atoms with van der Waals surface area (Å²) in [6.45, 7) is 2.79. The van der Waals surface area contributed by atoms with E-state index in [1.807, 2.05) is 0 Å². The number of piperidine rings is 1. The molecule has 21 heavy (non-hydrogen) atoms. The second-order valence-electron chi connectivity index (χ2n) is 5.94. The minimum absolute atomic E-state index is 0.0724. The van der Waals surface area contributed by atoms with Gasteiger partial charge in [-0.2, -0.15) is 13.2 Å². The molecule has 1 aromatic carbocycles. The number of hydrogen-bond donors (Lipinski definition) is 1. The molecular formula is C15H17F3N2O. The Hall–Kier alpha value is -1.56. The number of rotatable bonds is 2. The quantitative estimate of drug-likeness (QED) is 0.910. The van der Waals surface area contributed by atoms with Crippen molar-refractivity contribution in [2.24, 2.45) is 0 Å². The van der Waals surface area contributed by atoms with Crippen molar-refractivity contribution in [2.45, 2.75) is 31.0 Å². The van der Waals surface area contributed by atoms with Crippen molar-refractivity contribution in [3.63, 3.8) is 0 Å². The third-order valence-electron chi connectivity index (χ3n) is 4.39. The van der Waals surface area contributed by atoms with Crippen LogP contribution < -0.4 is 5.32 Å². The van der Waals surface area contributed by atoms with Gasteiger partial charge in [-0.05, 0) is 44.0 Å². The lowest BCUT2D eigenvalue weighted by molar-refractivity contribution is -0.137. The van der Waals surface area contributed by atoms with Crippen LogP contribution in [0, 0.1) is 0 Å². The largest absolute Gasteiger partial charge is 0.416 e. The van der Waals surface area contributed by atoms with Crippen molar-refractivity contribution in [1.29, 1.82) is 0 Å². The first-order valence-electron chi connectivity index (χ1n) is 7.10. The van der Waals surface area contributed by atoms with Crippen molar-refractivity contribution in [1.82, 2.24) is 10.2 Å². The fourth-order valence-corrected chi connectivity index (χ4v) is 3.31. The van der Waals surface area contributed by atoms with Gasteiger partial charge >= 0.3 is 6.18 Å². The molecule has 1 aromatic rings. The predicted octanol–water partition coefficient (Wildman–Crippen LogP) is 2.67. The molecule has 1 N–H and O–H groups in total.